The number of imidazole rings is 1. The van der Waals surface area contributed by atoms with Crippen molar-refractivity contribution in [3.05, 3.63) is 48.0 Å². The minimum absolute atomic E-state index is 0.121. The van der Waals surface area contributed by atoms with Crippen molar-refractivity contribution in [1.29, 1.82) is 0 Å². The molecular weight excluding hydrogens is 264 g/mol. The summed E-state index contributed by atoms with van der Waals surface area (Å²) < 4.78 is 22.2. The summed E-state index contributed by atoms with van der Waals surface area (Å²) in [5.74, 6) is 0.713. The fourth-order valence-corrected chi connectivity index (χ4v) is 2.05. The van der Waals surface area contributed by atoms with Crippen LogP contribution in [-0.4, -0.2) is 31.1 Å². The van der Waals surface area contributed by atoms with Gasteiger partial charge in [-0.15, -0.1) is 0 Å². The number of nitrogens with one attached hydrogen (secondary N) is 1. The zero-order valence-corrected chi connectivity index (χ0v) is 11.0. The van der Waals surface area contributed by atoms with Crippen LogP contribution in [0.25, 0.3) is 0 Å². The highest BCUT2D eigenvalue weighted by atomic mass is 32.2. The summed E-state index contributed by atoms with van der Waals surface area (Å²) in [6.07, 6.45) is 5.78. The molecule has 0 radical (unpaired) electrons. The second-order valence-corrected chi connectivity index (χ2v) is 5.51. The lowest BCUT2D eigenvalue weighted by Crippen LogP contribution is -2.11. The van der Waals surface area contributed by atoms with Gasteiger partial charge in [0.15, 0.2) is 0 Å². The molecule has 1 heterocycles. The van der Waals surface area contributed by atoms with Crippen molar-refractivity contribution < 1.29 is 8.42 Å². The molecule has 0 saturated carbocycles. The van der Waals surface area contributed by atoms with E-state index in [1.807, 2.05) is 0 Å². The van der Waals surface area contributed by atoms with Gasteiger partial charge in [0.1, 0.15) is 5.82 Å². The van der Waals surface area contributed by atoms with E-state index in [2.05, 4.69) is 15.0 Å². The van der Waals surface area contributed by atoms with Crippen molar-refractivity contribution in [2.75, 3.05) is 6.54 Å². The van der Waals surface area contributed by atoms with Gasteiger partial charge in [0.2, 0.25) is 10.0 Å². The first kappa shape index (κ1) is 13.4. The van der Waals surface area contributed by atoms with E-state index in [9.17, 15) is 8.42 Å². The second-order valence-electron chi connectivity index (χ2n) is 3.95. The average molecular weight is 278 g/mol. The zero-order valence-electron chi connectivity index (χ0n) is 10.2. The van der Waals surface area contributed by atoms with Gasteiger partial charge in [-0.05, 0) is 24.1 Å². The summed E-state index contributed by atoms with van der Waals surface area (Å²) in [7, 11) is -3.62. The third kappa shape index (κ3) is 4.01. The molecule has 0 bridgehead atoms. The minimum atomic E-state index is -3.62. The maximum Gasteiger partial charge on any atom is 0.238 e. The van der Waals surface area contributed by atoms with E-state index in [1.165, 1.54) is 12.1 Å². The number of aliphatic imine (C=N–C) groups is 1. The molecule has 0 spiro atoms. The molecule has 0 fully saturated rings. The zero-order chi connectivity index (χ0) is 13.7. The first-order valence-corrected chi connectivity index (χ1v) is 7.21. The number of sulfonamides is 1. The fourth-order valence-electron chi connectivity index (χ4n) is 1.54. The van der Waals surface area contributed by atoms with E-state index >= 15 is 0 Å². The molecule has 0 atom stereocenters. The van der Waals surface area contributed by atoms with Crippen LogP contribution < -0.4 is 5.14 Å². The van der Waals surface area contributed by atoms with E-state index in [0.717, 1.165) is 12.0 Å². The van der Waals surface area contributed by atoms with Crippen molar-refractivity contribution in [3.8, 4) is 0 Å². The molecule has 7 heteroatoms. The van der Waals surface area contributed by atoms with Gasteiger partial charge in [-0.2, -0.15) is 0 Å². The normalized spacial score (nSPS) is 12.1. The van der Waals surface area contributed by atoms with Gasteiger partial charge in [-0.25, -0.2) is 18.5 Å². The van der Waals surface area contributed by atoms with Gasteiger partial charge in [-0.1, -0.05) is 12.1 Å². The second kappa shape index (κ2) is 5.77. The van der Waals surface area contributed by atoms with Crippen molar-refractivity contribution in [2.24, 2.45) is 10.1 Å². The van der Waals surface area contributed by atoms with Crippen molar-refractivity contribution in [1.82, 2.24) is 9.97 Å². The Labute approximate surface area is 111 Å². The first-order chi connectivity index (χ1) is 9.05. The average Bonchev–Trinajstić information content (AvgIpc) is 2.87. The third-order valence-corrected chi connectivity index (χ3v) is 3.44. The lowest BCUT2D eigenvalue weighted by molar-refractivity contribution is 0.598. The molecule has 1 aromatic carbocycles. The van der Waals surface area contributed by atoms with E-state index in [0.29, 0.717) is 12.4 Å². The van der Waals surface area contributed by atoms with Crippen LogP contribution in [0.2, 0.25) is 0 Å². The van der Waals surface area contributed by atoms with Gasteiger partial charge < -0.3 is 4.98 Å². The Morgan fingerprint density at radius 3 is 2.63 bits per heavy atom. The number of nitrogens with two attached hydrogens (primary N) is 1. The van der Waals surface area contributed by atoms with Crippen LogP contribution in [-0.2, 0) is 16.4 Å². The molecule has 0 unspecified atom stereocenters. The molecule has 19 heavy (non-hydrogen) atoms. The number of aromatic nitrogens is 2. The maximum absolute atomic E-state index is 11.1. The molecule has 0 saturated heterocycles. The summed E-state index contributed by atoms with van der Waals surface area (Å²) >= 11 is 0. The number of H-pyrrole nitrogens is 1. The lowest BCUT2D eigenvalue weighted by Gasteiger charge is -2.00. The highest BCUT2D eigenvalue weighted by molar-refractivity contribution is 7.89. The van der Waals surface area contributed by atoms with E-state index in [-0.39, 0.29) is 4.90 Å². The summed E-state index contributed by atoms with van der Waals surface area (Å²) in [4.78, 5) is 11.3. The fraction of sp³-hybridized carbons (Fsp3) is 0.167. The lowest BCUT2D eigenvalue weighted by atomic mass is 10.1. The van der Waals surface area contributed by atoms with Crippen molar-refractivity contribution in [3.63, 3.8) is 0 Å². The molecule has 0 aliphatic heterocycles. The predicted octanol–water partition coefficient (Wildman–Crippen LogP) is 0.719. The Hall–Kier alpha value is -1.99. The number of rotatable bonds is 5. The molecule has 2 rings (SSSR count). The van der Waals surface area contributed by atoms with Crippen LogP contribution in [0, 0.1) is 0 Å². The van der Waals surface area contributed by atoms with E-state index in [4.69, 9.17) is 5.14 Å². The smallest absolute Gasteiger partial charge is 0.238 e. The Balaban J connectivity index is 1.90. The molecule has 0 aliphatic carbocycles. The SMILES string of the molecule is NS(=O)(=O)c1ccc(CCN=Cc2ncc[nH]2)cc1. The molecule has 2 aromatic rings. The van der Waals surface area contributed by atoms with Gasteiger partial charge >= 0.3 is 0 Å². The molecule has 100 valence electrons. The van der Waals surface area contributed by atoms with Gasteiger partial charge in [0, 0.05) is 18.9 Å². The topological polar surface area (TPSA) is 101 Å². The Morgan fingerprint density at radius 1 is 1.32 bits per heavy atom. The van der Waals surface area contributed by atoms with Crippen molar-refractivity contribution >= 4 is 16.2 Å². The number of hydrogen-bond donors (Lipinski definition) is 2. The molecule has 0 amide bonds. The molecule has 3 N–H and O–H groups in total. The highest BCUT2D eigenvalue weighted by Crippen LogP contribution is 2.09. The van der Waals surface area contributed by atoms with Gasteiger partial charge in [-0.3, -0.25) is 4.99 Å². The Bertz CT molecular complexity index is 646. The van der Waals surface area contributed by atoms with Crippen molar-refractivity contribution in [2.45, 2.75) is 11.3 Å². The predicted molar refractivity (Wildman–Crippen MR) is 72.6 cm³/mol. The van der Waals surface area contributed by atoms with Gasteiger partial charge in [0.25, 0.3) is 0 Å². The quantitative estimate of drug-likeness (QED) is 0.788. The maximum atomic E-state index is 11.1. The third-order valence-electron chi connectivity index (χ3n) is 2.51. The summed E-state index contributed by atoms with van der Waals surface area (Å²) in [5, 5.41) is 5.02. The number of primary sulfonamides is 1. The van der Waals surface area contributed by atoms with Gasteiger partial charge in [0.05, 0.1) is 11.1 Å². The minimum Gasteiger partial charge on any atom is -0.344 e. The summed E-state index contributed by atoms with van der Waals surface area (Å²) in [5.41, 5.74) is 1.00. The molecule has 6 nitrogen and oxygen atoms in total. The van der Waals surface area contributed by atoms with Crippen LogP contribution in [0.4, 0.5) is 0 Å². The van der Waals surface area contributed by atoms with E-state index in [1.54, 1.807) is 30.7 Å². The summed E-state index contributed by atoms with van der Waals surface area (Å²) in [6.45, 7) is 0.607. The molecule has 1 aromatic heterocycles. The Morgan fingerprint density at radius 2 is 2.05 bits per heavy atom. The van der Waals surface area contributed by atoms with E-state index < -0.39 is 10.0 Å². The molecule has 0 aliphatic rings. The van der Waals surface area contributed by atoms with Crippen LogP contribution in [0.15, 0.2) is 46.5 Å². The van der Waals surface area contributed by atoms with Crippen LogP contribution in [0.3, 0.4) is 0 Å². The number of hydrogen-bond acceptors (Lipinski definition) is 4. The molecular formula is C12H14N4O2S. The van der Waals surface area contributed by atoms with Crippen LogP contribution in [0.1, 0.15) is 11.4 Å². The van der Waals surface area contributed by atoms with Crippen LogP contribution >= 0.6 is 0 Å². The highest BCUT2D eigenvalue weighted by Gasteiger charge is 2.06. The summed E-state index contributed by atoms with van der Waals surface area (Å²) in [6, 6.07) is 6.48. The largest absolute Gasteiger partial charge is 0.344 e. The number of aromatic amines is 1. The number of benzene rings is 1. The standard InChI is InChI=1S/C12H14N4O2S/c13-19(17,18)11-3-1-10(2-4-11)5-6-14-9-12-15-7-8-16-12/h1-4,7-9H,5-6H2,(H,15,16)(H2,13,17,18). The first-order valence-electron chi connectivity index (χ1n) is 5.66. The number of nitrogens with zero attached hydrogens (tertiary/aromatic N) is 2. The monoisotopic (exact) mass is 278 g/mol. The Kier molecular flexibility index (Phi) is 4.08. The van der Waals surface area contributed by atoms with Crippen LogP contribution in [0.5, 0.6) is 0 Å².